The number of rotatable bonds is 3. The average Bonchev–Trinajstić information content (AvgIpc) is 2.78. The van der Waals surface area contributed by atoms with E-state index in [0.717, 1.165) is 11.4 Å². The fourth-order valence-electron chi connectivity index (χ4n) is 1.52. The Hall–Kier alpha value is -1.79. The van der Waals surface area contributed by atoms with E-state index >= 15 is 0 Å². The van der Waals surface area contributed by atoms with Gasteiger partial charge < -0.3 is 4.57 Å². The third-order valence-corrected chi connectivity index (χ3v) is 2.48. The topological polar surface area (TPSA) is 41.6 Å². The maximum Gasteiger partial charge on any atom is 0.139 e. The molecule has 0 spiro atoms. The van der Waals surface area contributed by atoms with Crippen LogP contribution in [0.5, 0.6) is 0 Å². The number of benzene rings is 1. The molecule has 0 N–H and O–H groups in total. The van der Waals surface area contributed by atoms with Crippen molar-refractivity contribution in [3.8, 4) is 17.5 Å². The van der Waals surface area contributed by atoms with E-state index in [1.807, 2.05) is 47.2 Å². The molecule has 1 unspecified atom stereocenters. The largest absolute Gasteiger partial charge is 0.328 e. The standard InChI is InChI=1S/C12H10ClN3/c13-11(8-14)9-16-7-6-15-12(16)10-4-2-1-3-5-10/h1-7,11H,9H2. The lowest BCUT2D eigenvalue weighted by Gasteiger charge is -2.07. The first-order valence-electron chi connectivity index (χ1n) is 4.91. The van der Waals surface area contributed by atoms with Crippen LogP contribution in [0.4, 0.5) is 0 Å². The van der Waals surface area contributed by atoms with E-state index in [4.69, 9.17) is 16.9 Å². The van der Waals surface area contributed by atoms with E-state index in [0.29, 0.717) is 6.54 Å². The van der Waals surface area contributed by atoms with Crippen LogP contribution in [0.2, 0.25) is 0 Å². The van der Waals surface area contributed by atoms with Crippen molar-refractivity contribution in [2.75, 3.05) is 0 Å². The first kappa shape index (κ1) is 10.7. The molecule has 0 fully saturated rings. The van der Waals surface area contributed by atoms with Crippen molar-refractivity contribution >= 4 is 11.6 Å². The van der Waals surface area contributed by atoms with Crippen LogP contribution in [0.15, 0.2) is 42.7 Å². The van der Waals surface area contributed by atoms with Crippen molar-refractivity contribution in [3.63, 3.8) is 0 Å². The quantitative estimate of drug-likeness (QED) is 0.763. The van der Waals surface area contributed by atoms with Gasteiger partial charge in [0.25, 0.3) is 0 Å². The first-order valence-corrected chi connectivity index (χ1v) is 5.35. The molecule has 0 radical (unpaired) electrons. The maximum atomic E-state index is 8.68. The summed E-state index contributed by atoms with van der Waals surface area (Å²) in [5, 5.41) is 8.15. The highest BCUT2D eigenvalue weighted by atomic mass is 35.5. The molecule has 0 saturated carbocycles. The van der Waals surface area contributed by atoms with Crippen molar-refractivity contribution in [1.82, 2.24) is 9.55 Å². The predicted molar refractivity (Wildman–Crippen MR) is 62.9 cm³/mol. The predicted octanol–water partition coefficient (Wildman–Crippen LogP) is 2.68. The number of alkyl halides is 1. The molecule has 3 nitrogen and oxygen atoms in total. The van der Waals surface area contributed by atoms with Gasteiger partial charge in [0.15, 0.2) is 0 Å². The Morgan fingerprint density at radius 1 is 1.38 bits per heavy atom. The summed E-state index contributed by atoms with van der Waals surface area (Å²) in [7, 11) is 0. The zero-order valence-corrected chi connectivity index (χ0v) is 9.30. The molecule has 1 heterocycles. The van der Waals surface area contributed by atoms with Crippen molar-refractivity contribution in [1.29, 1.82) is 5.26 Å². The van der Waals surface area contributed by atoms with Gasteiger partial charge in [0, 0.05) is 18.0 Å². The molecular weight excluding hydrogens is 222 g/mol. The summed E-state index contributed by atoms with van der Waals surface area (Å²) in [6.07, 6.45) is 3.54. The second kappa shape index (κ2) is 4.82. The van der Waals surface area contributed by atoms with E-state index in [9.17, 15) is 0 Å². The normalized spacial score (nSPS) is 12.0. The summed E-state index contributed by atoms with van der Waals surface area (Å²) in [6, 6.07) is 11.8. The van der Waals surface area contributed by atoms with Crippen LogP contribution in [0.25, 0.3) is 11.4 Å². The SMILES string of the molecule is N#CC(Cl)Cn1ccnc1-c1ccccc1. The van der Waals surface area contributed by atoms with Gasteiger partial charge in [-0.2, -0.15) is 5.26 Å². The smallest absolute Gasteiger partial charge is 0.139 e. The molecule has 2 aromatic rings. The van der Waals surface area contributed by atoms with Crippen molar-refractivity contribution in [2.24, 2.45) is 0 Å². The lowest BCUT2D eigenvalue weighted by molar-refractivity contribution is 0.728. The Morgan fingerprint density at radius 2 is 2.12 bits per heavy atom. The highest BCUT2D eigenvalue weighted by molar-refractivity contribution is 6.22. The summed E-state index contributed by atoms with van der Waals surface area (Å²) in [5.74, 6) is 0.835. The Labute approximate surface area is 98.9 Å². The first-order chi connectivity index (χ1) is 7.81. The van der Waals surface area contributed by atoms with Crippen LogP contribution in [0.1, 0.15) is 0 Å². The van der Waals surface area contributed by atoms with Gasteiger partial charge in [-0.15, -0.1) is 11.6 Å². The number of nitrogens with zero attached hydrogens (tertiary/aromatic N) is 3. The summed E-state index contributed by atoms with van der Waals surface area (Å²) >= 11 is 5.81. The van der Waals surface area contributed by atoms with E-state index in [2.05, 4.69) is 4.98 Å². The third-order valence-electron chi connectivity index (χ3n) is 2.24. The summed E-state index contributed by atoms with van der Waals surface area (Å²) in [5.41, 5.74) is 1.02. The number of halogens is 1. The highest BCUT2D eigenvalue weighted by Crippen LogP contribution is 2.17. The Kier molecular flexibility index (Phi) is 3.23. The molecule has 1 atom stereocenters. The number of hydrogen-bond donors (Lipinski definition) is 0. The third kappa shape index (κ3) is 2.23. The zero-order chi connectivity index (χ0) is 11.4. The fourth-order valence-corrected chi connectivity index (χ4v) is 1.67. The van der Waals surface area contributed by atoms with Crippen LogP contribution in [0.3, 0.4) is 0 Å². The molecular formula is C12H10ClN3. The molecule has 16 heavy (non-hydrogen) atoms. The van der Waals surface area contributed by atoms with Gasteiger partial charge in [-0.1, -0.05) is 30.3 Å². The molecule has 0 amide bonds. The minimum Gasteiger partial charge on any atom is -0.328 e. The summed E-state index contributed by atoms with van der Waals surface area (Å²) in [6.45, 7) is 0.447. The number of aromatic nitrogens is 2. The average molecular weight is 232 g/mol. The van der Waals surface area contributed by atoms with Gasteiger partial charge in [0.1, 0.15) is 11.2 Å². The van der Waals surface area contributed by atoms with Crippen molar-refractivity contribution in [3.05, 3.63) is 42.7 Å². The minimum absolute atomic E-state index is 0.447. The number of nitriles is 1. The minimum atomic E-state index is -0.531. The Morgan fingerprint density at radius 3 is 2.81 bits per heavy atom. The molecule has 1 aromatic carbocycles. The monoisotopic (exact) mass is 231 g/mol. The Bertz CT molecular complexity index is 498. The van der Waals surface area contributed by atoms with Crippen LogP contribution in [-0.2, 0) is 6.54 Å². The van der Waals surface area contributed by atoms with Gasteiger partial charge >= 0.3 is 0 Å². The van der Waals surface area contributed by atoms with Gasteiger partial charge in [0.2, 0.25) is 0 Å². The lowest BCUT2D eigenvalue weighted by atomic mass is 10.2. The maximum absolute atomic E-state index is 8.68. The molecule has 0 aliphatic carbocycles. The highest BCUT2D eigenvalue weighted by Gasteiger charge is 2.09. The molecule has 0 saturated heterocycles. The summed E-state index contributed by atoms with van der Waals surface area (Å²) < 4.78 is 1.89. The van der Waals surface area contributed by atoms with Crippen LogP contribution < -0.4 is 0 Å². The molecule has 80 valence electrons. The molecule has 0 aliphatic heterocycles. The van der Waals surface area contributed by atoms with E-state index in [1.54, 1.807) is 6.20 Å². The van der Waals surface area contributed by atoms with Crippen molar-refractivity contribution < 1.29 is 0 Å². The second-order valence-corrected chi connectivity index (χ2v) is 3.89. The van der Waals surface area contributed by atoms with Crippen molar-refractivity contribution in [2.45, 2.75) is 11.9 Å². The van der Waals surface area contributed by atoms with Crippen LogP contribution >= 0.6 is 11.6 Å². The van der Waals surface area contributed by atoms with Crippen LogP contribution in [0, 0.1) is 11.3 Å². The van der Waals surface area contributed by atoms with Gasteiger partial charge in [0.05, 0.1) is 12.6 Å². The van der Waals surface area contributed by atoms with E-state index < -0.39 is 5.38 Å². The second-order valence-electron chi connectivity index (χ2n) is 3.37. The molecule has 4 heteroatoms. The van der Waals surface area contributed by atoms with E-state index in [1.165, 1.54) is 0 Å². The molecule has 2 rings (SSSR count). The Balaban J connectivity index is 2.30. The number of imidazole rings is 1. The summed E-state index contributed by atoms with van der Waals surface area (Å²) in [4.78, 5) is 4.27. The fraction of sp³-hybridized carbons (Fsp3) is 0.167. The lowest BCUT2D eigenvalue weighted by Crippen LogP contribution is -2.08. The molecule has 0 bridgehead atoms. The van der Waals surface area contributed by atoms with Crippen LogP contribution in [-0.4, -0.2) is 14.9 Å². The van der Waals surface area contributed by atoms with Gasteiger partial charge in [-0.05, 0) is 0 Å². The number of hydrogen-bond acceptors (Lipinski definition) is 2. The molecule has 1 aromatic heterocycles. The van der Waals surface area contributed by atoms with Gasteiger partial charge in [-0.3, -0.25) is 0 Å². The van der Waals surface area contributed by atoms with Gasteiger partial charge in [-0.25, -0.2) is 4.98 Å². The van der Waals surface area contributed by atoms with E-state index in [-0.39, 0.29) is 0 Å². The molecule has 0 aliphatic rings. The zero-order valence-electron chi connectivity index (χ0n) is 8.55.